The molecule has 21 heavy (non-hydrogen) atoms. The summed E-state index contributed by atoms with van der Waals surface area (Å²) in [7, 11) is -1.98. The zero-order valence-corrected chi connectivity index (χ0v) is 12.4. The third kappa shape index (κ3) is 4.47. The molecular weight excluding hydrogens is 290 g/mol. The summed E-state index contributed by atoms with van der Waals surface area (Å²) in [6, 6.07) is 13.5. The monoisotopic (exact) mass is 307 g/mol. The SMILES string of the molecule is COc1cccc(NS(=O)(=O)Cc2ccc(CO)cc2)c1. The molecule has 0 aliphatic heterocycles. The van der Waals surface area contributed by atoms with Crippen molar-refractivity contribution in [3.63, 3.8) is 0 Å². The standard InChI is InChI=1S/C15H17NO4S/c1-20-15-4-2-3-14(9-15)16-21(18,19)11-13-7-5-12(10-17)6-8-13/h2-9,16-17H,10-11H2,1H3. The lowest BCUT2D eigenvalue weighted by Gasteiger charge is -2.09. The number of anilines is 1. The highest BCUT2D eigenvalue weighted by molar-refractivity contribution is 7.91. The van der Waals surface area contributed by atoms with Gasteiger partial charge in [0.2, 0.25) is 10.0 Å². The van der Waals surface area contributed by atoms with Crippen molar-refractivity contribution >= 4 is 15.7 Å². The van der Waals surface area contributed by atoms with E-state index in [2.05, 4.69) is 4.72 Å². The average Bonchev–Trinajstić information content (AvgIpc) is 2.47. The summed E-state index contributed by atoms with van der Waals surface area (Å²) in [5.41, 5.74) is 1.86. The normalized spacial score (nSPS) is 11.1. The average molecular weight is 307 g/mol. The van der Waals surface area contributed by atoms with Crippen LogP contribution in [0.5, 0.6) is 5.75 Å². The molecule has 0 aliphatic rings. The number of ether oxygens (including phenoxy) is 1. The van der Waals surface area contributed by atoms with Gasteiger partial charge in [0.05, 0.1) is 25.2 Å². The van der Waals surface area contributed by atoms with Gasteiger partial charge in [-0.15, -0.1) is 0 Å². The number of sulfonamides is 1. The van der Waals surface area contributed by atoms with Crippen molar-refractivity contribution in [1.29, 1.82) is 0 Å². The first-order chi connectivity index (χ1) is 10.0. The molecule has 0 atom stereocenters. The van der Waals surface area contributed by atoms with Gasteiger partial charge >= 0.3 is 0 Å². The number of rotatable bonds is 6. The third-order valence-electron chi connectivity index (χ3n) is 2.91. The van der Waals surface area contributed by atoms with Crippen molar-refractivity contribution in [2.45, 2.75) is 12.4 Å². The molecule has 6 heteroatoms. The quantitative estimate of drug-likeness (QED) is 0.857. The van der Waals surface area contributed by atoms with Gasteiger partial charge in [0.25, 0.3) is 0 Å². The summed E-state index contributed by atoms with van der Waals surface area (Å²) in [4.78, 5) is 0. The van der Waals surface area contributed by atoms with Gasteiger partial charge in [-0.05, 0) is 23.3 Å². The van der Waals surface area contributed by atoms with E-state index in [-0.39, 0.29) is 12.4 Å². The van der Waals surface area contributed by atoms with Crippen molar-refractivity contribution in [2.75, 3.05) is 11.8 Å². The lowest BCUT2D eigenvalue weighted by molar-refractivity contribution is 0.282. The molecule has 2 aromatic carbocycles. The zero-order valence-electron chi connectivity index (χ0n) is 11.6. The van der Waals surface area contributed by atoms with Crippen molar-refractivity contribution in [2.24, 2.45) is 0 Å². The molecular formula is C15H17NO4S. The summed E-state index contributed by atoms with van der Waals surface area (Å²) in [5, 5.41) is 8.96. The van der Waals surface area contributed by atoms with Gasteiger partial charge in [-0.25, -0.2) is 8.42 Å². The van der Waals surface area contributed by atoms with Crippen LogP contribution < -0.4 is 9.46 Å². The molecule has 0 bridgehead atoms. The number of aliphatic hydroxyl groups is 1. The van der Waals surface area contributed by atoms with Crippen LogP contribution in [0, 0.1) is 0 Å². The van der Waals surface area contributed by atoms with Crippen LogP contribution in [0.1, 0.15) is 11.1 Å². The van der Waals surface area contributed by atoms with E-state index in [4.69, 9.17) is 9.84 Å². The lowest BCUT2D eigenvalue weighted by Crippen LogP contribution is -2.15. The highest BCUT2D eigenvalue weighted by atomic mass is 32.2. The molecule has 2 aromatic rings. The maximum absolute atomic E-state index is 12.1. The minimum absolute atomic E-state index is 0.0604. The fourth-order valence-electron chi connectivity index (χ4n) is 1.86. The number of hydrogen-bond acceptors (Lipinski definition) is 4. The number of aliphatic hydroxyl groups excluding tert-OH is 1. The van der Waals surface area contributed by atoms with E-state index in [1.165, 1.54) is 7.11 Å². The Bertz CT molecular complexity index is 696. The van der Waals surface area contributed by atoms with Crippen LogP contribution in [0.15, 0.2) is 48.5 Å². The van der Waals surface area contributed by atoms with Gasteiger partial charge in [-0.2, -0.15) is 0 Å². The molecule has 112 valence electrons. The minimum atomic E-state index is -3.50. The molecule has 0 heterocycles. The Labute approximate surface area is 124 Å². The maximum atomic E-state index is 12.1. The zero-order chi connectivity index (χ0) is 15.3. The molecule has 0 amide bonds. The summed E-state index contributed by atoms with van der Waals surface area (Å²) in [6.07, 6.45) is 0. The molecule has 0 saturated heterocycles. The third-order valence-corrected chi connectivity index (χ3v) is 4.17. The predicted octanol–water partition coefficient (Wildman–Crippen LogP) is 2.13. The molecule has 2 rings (SSSR count). The van der Waals surface area contributed by atoms with Crippen molar-refractivity contribution in [3.8, 4) is 5.75 Å². The molecule has 0 fully saturated rings. The summed E-state index contributed by atoms with van der Waals surface area (Å²) < 4.78 is 31.8. The lowest BCUT2D eigenvalue weighted by atomic mass is 10.2. The second-order valence-corrected chi connectivity index (χ2v) is 6.29. The van der Waals surface area contributed by atoms with Crippen molar-refractivity contribution in [1.82, 2.24) is 0 Å². The summed E-state index contributed by atoms with van der Waals surface area (Å²) in [5.74, 6) is 0.457. The topological polar surface area (TPSA) is 75.6 Å². The van der Waals surface area contributed by atoms with Crippen LogP contribution in [-0.2, 0) is 22.4 Å². The molecule has 0 aromatic heterocycles. The van der Waals surface area contributed by atoms with Gasteiger partial charge in [-0.3, -0.25) is 4.72 Å². The molecule has 0 unspecified atom stereocenters. The Balaban J connectivity index is 2.10. The van der Waals surface area contributed by atoms with E-state index in [1.54, 1.807) is 48.5 Å². The Morgan fingerprint density at radius 1 is 1.10 bits per heavy atom. The van der Waals surface area contributed by atoms with Crippen molar-refractivity contribution in [3.05, 3.63) is 59.7 Å². The van der Waals surface area contributed by atoms with E-state index < -0.39 is 10.0 Å². The van der Waals surface area contributed by atoms with E-state index in [0.717, 1.165) is 5.56 Å². The largest absolute Gasteiger partial charge is 0.497 e. The van der Waals surface area contributed by atoms with Crippen LogP contribution >= 0.6 is 0 Å². The minimum Gasteiger partial charge on any atom is -0.497 e. The Morgan fingerprint density at radius 3 is 2.38 bits per heavy atom. The first-order valence-electron chi connectivity index (χ1n) is 6.35. The van der Waals surface area contributed by atoms with Crippen LogP contribution in [-0.4, -0.2) is 20.6 Å². The smallest absolute Gasteiger partial charge is 0.236 e. The second-order valence-electron chi connectivity index (χ2n) is 4.57. The highest BCUT2D eigenvalue weighted by Gasteiger charge is 2.12. The number of nitrogens with one attached hydrogen (secondary N) is 1. The van der Waals surface area contributed by atoms with Gasteiger partial charge in [0.15, 0.2) is 0 Å². The Hall–Kier alpha value is -2.05. The number of benzene rings is 2. The molecule has 2 N–H and O–H groups in total. The van der Waals surface area contributed by atoms with Gasteiger partial charge < -0.3 is 9.84 Å². The van der Waals surface area contributed by atoms with Crippen LogP contribution in [0.4, 0.5) is 5.69 Å². The van der Waals surface area contributed by atoms with Gasteiger partial charge in [-0.1, -0.05) is 30.3 Å². The fourth-order valence-corrected chi connectivity index (χ4v) is 3.05. The van der Waals surface area contributed by atoms with Crippen LogP contribution in [0.25, 0.3) is 0 Å². The van der Waals surface area contributed by atoms with Crippen LogP contribution in [0.2, 0.25) is 0 Å². The molecule has 0 spiro atoms. The first-order valence-corrected chi connectivity index (χ1v) is 8.01. The van der Waals surface area contributed by atoms with Crippen LogP contribution in [0.3, 0.4) is 0 Å². The highest BCUT2D eigenvalue weighted by Crippen LogP contribution is 2.19. The predicted molar refractivity (Wildman–Crippen MR) is 81.6 cm³/mol. The molecule has 0 saturated carbocycles. The van der Waals surface area contributed by atoms with E-state index in [1.807, 2.05) is 0 Å². The second kappa shape index (κ2) is 6.60. The van der Waals surface area contributed by atoms with Crippen molar-refractivity contribution < 1.29 is 18.3 Å². The maximum Gasteiger partial charge on any atom is 0.236 e. The number of hydrogen-bond donors (Lipinski definition) is 2. The van der Waals surface area contributed by atoms with Gasteiger partial charge in [0.1, 0.15) is 5.75 Å². The Morgan fingerprint density at radius 2 is 1.76 bits per heavy atom. The first kappa shape index (κ1) is 15.3. The van der Waals surface area contributed by atoms with Gasteiger partial charge in [0, 0.05) is 6.07 Å². The van der Waals surface area contributed by atoms with E-state index in [0.29, 0.717) is 17.0 Å². The van der Waals surface area contributed by atoms with E-state index >= 15 is 0 Å². The Kier molecular flexibility index (Phi) is 4.82. The molecule has 5 nitrogen and oxygen atoms in total. The fraction of sp³-hybridized carbons (Fsp3) is 0.200. The number of methoxy groups -OCH3 is 1. The summed E-state index contributed by atoms with van der Waals surface area (Å²) in [6.45, 7) is -0.0604. The van der Waals surface area contributed by atoms with E-state index in [9.17, 15) is 8.42 Å². The summed E-state index contributed by atoms with van der Waals surface area (Å²) >= 11 is 0. The molecule has 0 radical (unpaired) electrons. The molecule has 0 aliphatic carbocycles.